The summed E-state index contributed by atoms with van der Waals surface area (Å²) in [7, 11) is 0. The van der Waals surface area contributed by atoms with Crippen molar-refractivity contribution >= 4 is 17.7 Å². The molecule has 2 heterocycles. The number of cyclic esters (lactones) is 1. The molecule has 0 aromatic rings. The van der Waals surface area contributed by atoms with Crippen LogP contribution in [0.4, 0.5) is 0 Å². The Kier molecular flexibility index (Phi) is 12.4. The molecule has 2 N–H and O–H groups in total. The Morgan fingerprint density at radius 1 is 1.20 bits per heavy atom. The Morgan fingerprint density at radius 3 is 2.77 bits per heavy atom. The molecule has 1 saturated heterocycles. The van der Waals surface area contributed by atoms with E-state index in [1.54, 1.807) is 24.3 Å². The normalized spacial score (nSPS) is 30.3. The zero-order chi connectivity index (χ0) is 25.6. The molecule has 8 nitrogen and oxygen atoms in total. The highest BCUT2D eigenvalue weighted by Crippen LogP contribution is 2.19. The fourth-order valence-corrected chi connectivity index (χ4v) is 3.81. The van der Waals surface area contributed by atoms with Gasteiger partial charge < -0.3 is 24.6 Å². The third-order valence-corrected chi connectivity index (χ3v) is 5.48. The molecule has 192 valence electrons. The van der Waals surface area contributed by atoms with Crippen LogP contribution in [0.5, 0.6) is 0 Å². The van der Waals surface area contributed by atoms with Gasteiger partial charge in [-0.3, -0.25) is 9.59 Å². The maximum absolute atomic E-state index is 12.4. The lowest BCUT2D eigenvalue weighted by atomic mass is 10.0. The van der Waals surface area contributed by atoms with Gasteiger partial charge in [-0.05, 0) is 33.6 Å². The van der Waals surface area contributed by atoms with Crippen LogP contribution in [0.1, 0.15) is 52.9 Å². The van der Waals surface area contributed by atoms with Gasteiger partial charge in [0.2, 0.25) is 5.91 Å². The van der Waals surface area contributed by atoms with Crippen molar-refractivity contribution in [3.8, 4) is 0 Å². The molecule has 8 heteroatoms. The number of fused-ring (bicyclic) bond motifs is 2. The lowest BCUT2D eigenvalue weighted by Crippen LogP contribution is -2.44. The molecule has 1 fully saturated rings. The lowest BCUT2D eigenvalue weighted by Gasteiger charge is -2.29. The number of rotatable bonds is 4. The molecule has 1 amide bonds. The van der Waals surface area contributed by atoms with Gasteiger partial charge >= 0.3 is 5.97 Å². The molecule has 0 unspecified atom stereocenters. The van der Waals surface area contributed by atoms with Crippen LogP contribution in [0.25, 0.3) is 0 Å². The van der Waals surface area contributed by atoms with Crippen LogP contribution in [0.2, 0.25) is 0 Å². The number of amides is 1. The van der Waals surface area contributed by atoms with E-state index in [1.165, 1.54) is 18.2 Å². The van der Waals surface area contributed by atoms with Gasteiger partial charge in [-0.15, -0.1) is 0 Å². The molecular weight excluding hydrogens is 450 g/mol. The molecule has 0 aromatic carbocycles. The van der Waals surface area contributed by atoms with Gasteiger partial charge in [0.25, 0.3) is 0 Å². The Balaban J connectivity index is 2.21. The molecule has 2 rings (SSSR count). The van der Waals surface area contributed by atoms with Crippen molar-refractivity contribution in [3.05, 3.63) is 59.8 Å². The maximum Gasteiger partial charge on any atom is 0.331 e. The van der Waals surface area contributed by atoms with Gasteiger partial charge in [0.1, 0.15) is 5.78 Å². The monoisotopic (exact) mass is 487 g/mol. The summed E-state index contributed by atoms with van der Waals surface area (Å²) in [5.74, 6) is -1.06. The second kappa shape index (κ2) is 15.2. The van der Waals surface area contributed by atoms with Gasteiger partial charge in [0.05, 0.1) is 25.4 Å². The summed E-state index contributed by atoms with van der Waals surface area (Å²) in [5.41, 5.74) is 1.64. The van der Waals surface area contributed by atoms with Gasteiger partial charge in [-0.2, -0.15) is 0 Å². The van der Waals surface area contributed by atoms with E-state index in [-0.39, 0.29) is 24.4 Å². The topological polar surface area (TPSA) is 111 Å². The Bertz CT molecular complexity index is 884. The summed E-state index contributed by atoms with van der Waals surface area (Å²) in [5, 5.41) is 13.1. The predicted molar refractivity (Wildman–Crippen MR) is 132 cm³/mol. The van der Waals surface area contributed by atoms with E-state index in [1.807, 2.05) is 26.8 Å². The maximum atomic E-state index is 12.4. The van der Waals surface area contributed by atoms with Crippen molar-refractivity contribution < 1.29 is 33.7 Å². The van der Waals surface area contributed by atoms with Crippen LogP contribution in [-0.2, 0) is 28.6 Å². The first kappa shape index (κ1) is 28.4. The average molecular weight is 488 g/mol. The van der Waals surface area contributed by atoms with Crippen molar-refractivity contribution in [1.29, 1.82) is 0 Å². The molecule has 0 aromatic heterocycles. The van der Waals surface area contributed by atoms with Crippen molar-refractivity contribution in [2.45, 2.75) is 77.4 Å². The third-order valence-electron chi connectivity index (χ3n) is 5.48. The summed E-state index contributed by atoms with van der Waals surface area (Å²) >= 11 is 0. The summed E-state index contributed by atoms with van der Waals surface area (Å²) in [4.78, 5) is 36.8. The Morgan fingerprint density at radius 2 is 2.00 bits per heavy atom. The van der Waals surface area contributed by atoms with Gasteiger partial charge in [-0.1, -0.05) is 47.6 Å². The number of allylic oxidation sites excluding steroid dienone is 6. The van der Waals surface area contributed by atoms with Crippen LogP contribution in [-0.4, -0.2) is 60.5 Å². The zero-order valence-corrected chi connectivity index (χ0v) is 20.8. The van der Waals surface area contributed by atoms with Crippen LogP contribution in [0.15, 0.2) is 59.8 Å². The number of ketones is 1. The predicted octanol–water partition coefficient (Wildman–Crippen LogP) is 3.23. The lowest BCUT2D eigenvalue weighted by molar-refractivity contribution is -0.151. The number of aliphatic hydroxyl groups excluding tert-OH is 1. The van der Waals surface area contributed by atoms with Crippen LogP contribution in [0, 0.1) is 0 Å². The molecule has 2 bridgehead atoms. The summed E-state index contributed by atoms with van der Waals surface area (Å²) in [6.45, 7) is 6.35. The number of Topliss-reactive ketones (excluding diaryl/α,β-unsaturated/α-hetero) is 1. The van der Waals surface area contributed by atoms with E-state index in [0.29, 0.717) is 32.5 Å². The molecule has 35 heavy (non-hydrogen) atoms. The van der Waals surface area contributed by atoms with E-state index in [4.69, 9.17) is 14.2 Å². The molecule has 4 atom stereocenters. The quantitative estimate of drug-likeness (QED) is 0.206. The van der Waals surface area contributed by atoms with Crippen LogP contribution >= 0.6 is 0 Å². The van der Waals surface area contributed by atoms with Gasteiger partial charge in [-0.25, -0.2) is 4.79 Å². The molecule has 0 radical (unpaired) electrons. The van der Waals surface area contributed by atoms with E-state index in [2.05, 4.69) is 5.32 Å². The van der Waals surface area contributed by atoms with Crippen molar-refractivity contribution in [1.82, 2.24) is 5.32 Å². The van der Waals surface area contributed by atoms with Crippen molar-refractivity contribution in [2.75, 3.05) is 13.2 Å². The van der Waals surface area contributed by atoms with Crippen molar-refractivity contribution in [3.63, 3.8) is 0 Å². The number of carbonyl (C=O) groups excluding carboxylic acids is 3. The van der Waals surface area contributed by atoms with Crippen LogP contribution in [0.3, 0.4) is 0 Å². The fourth-order valence-electron chi connectivity index (χ4n) is 3.81. The minimum Gasteiger partial charge on any atom is -0.454 e. The summed E-state index contributed by atoms with van der Waals surface area (Å²) in [6, 6.07) is 0. The first-order chi connectivity index (χ1) is 16.8. The fraction of sp³-hybridized carbons (Fsp3) is 0.519. The Labute approximate surface area is 207 Å². The zero-order valence-electron chi connectivity index (χ0n) is 20.8. The van der Waals surface area contributed by atoms with E-state index in [0.717, 1.165) is 17.6 Å². The molecule has 2 aliphatic rings. The average Bonchev–Trinajstić information content (AvgIpc) is 2.78. The molecular formula is C27H37NO7. The minimum absolute atomic E-state index is 0.105. The highest BCUT2D eigenvalue weighted by atomic mass is 16.6. The van der Waals surface area contributed by atoms with E-state index in [9.17, 15) is 19.5 Å². The smallest absolute Gasteiger partial charge is 0.331 e. The number of esters is 1. The third kappa shape index (κ3) is 11.4. The second-order valence-electron chi connectivity index (χ2n) is 8.84. The largest absolute Gasteiger partial charge is 0.454 e. The summed E-state index contributed by atoms with van der Waals surface area (Å²) in [6.07, 6.45) is 12.1. The SMILES string of the molecule is C/C=C/C=C\C(=O)N[C@@H](O)[C@@H]1C/C(C)=C/[C@@H]2COC[C@H](CCCC(=O)C/C(C)=C\C=C\C(=O)O1)O2. The number of aliphatic hydroxyl groups is 1. The number of hydrogen-bond donors (Lipinski definition) is 2. The first-order valence-electron chi connectivity index (χ1n) is 12.0. The molecule has 0 aliphatic carbocycles. The molecule has 0 spiro atoms. The van der Waals surface area contributed by atoms with E-state index >= 15 is 0 Å². The second-order valence-corrected chi connectivity index (χ2v) is 8.84. The molecule has 0 saturated carbocycles. The Hall–Kier alpha value is -2.81. The van der Waals surface area contributed by atoms with Crippen molar-refractivity contribution in [2.24, 2.45) is 0 Å². The number of ether oxygens (including phenoxy) is 3. The molecule has 2 aliphatic heterocycles. The van der Waals surface area contributed by atoms with Gasteiger partial charge in [0.15, 0.2) is 12.3 Å². The number of nitrogens with one attached hydrogen (secondary N) is 1. The highest BCUT2D eigenvalue weighted by Gasteiger charge is 2.26. The van der Waals surface area contributed by atoms with Gasteiger partial charge in [0, 0.05) is 31.4 Å². The highest BCUT2D eigenvalue weighted by molar-refractivity contribution is 5.88. The van der Waals surface area contributed by atoms with E-state index < -0.39 is 24.2 Å². The number of carbonyl (C=O) groups is 3. The minimum atomic E-state index is -1.42. The summed E-state index contributed by atoms with van der Waals surface area (Å²) < 4.78 is 17.3. The van der Waals surface area contributed by atoms with Crippen LogP contribution < -0.4 is 5.32 Å². The first-order valence-corrected chi connectivity index (χ1v) is 12.0. The number of hydrogen-bond acceptors (Lipinski definition) is 7. The standard InChI is InChI=1S/C27H37NO7/c1-4-5-6-12-25(30)28-27(32)24-16-20(3)15-23-18-33-17-22(34-23)11-8-10-21(29)14-19(2)9-7-13-26(31)35-24/h4-7,9,12-13,15,22-24,27,32H,8,10-11,14,16-18H2,1-3H3,(H,28,30)/b5-4+,12-6-,13-7+,19-9-,20-15+/t22-,23+,24-,27-/m0/s1.